The summed E-state index contributed by atoms with van der Waals surface area (Å²) in [5.74, 6) is 0.307. The molecule has 0 saturated carbocycles. The van der Waals surface area contributed by atoms with Gasteiger partial charge in [-0.2, -0.15) is 0 Å². The monoisotopic (exact) mass is 206 g/mol. The molecule has 1 rings (SSSR count). The summed E-state index contributed by atoms with van der Waals surface area (Å²) in [5, 5.41) is 0.392. The van der Waals surface area contributed by atoms with Gasteiger partial charge in [0.25, 0.3) is 6.43 Å². The first-order chi connectivity index (χ1) is 6.11. The van der Waals surface area contributed by atoms with Crippen LogP contribution in [0, 0.1) is 6.92 Å². The van der Waals surface area contributed by atoms with Gasteiger partial charge in [0.2, 0.25) is 0 Å². The van der Waals surface area contributed by atoms with E-state index in [0.717, 1.165) is 5.56 Å². The Morgan fingerprint density at radius 2 is 2.15 bits per heavy atom. The number of ether oxygens (including phenoxy) is 1. The van der Waals surface area contributed by atoms with Crippen molar-refractivity contribution in [2.24, 2.45) is 0 Å². The van der Waals surface area contributed by atoms with E-state index < -0.39 is 13.0 Å². The Hall–Kier alpha value is -0.830. The molecule has 0 N–H and O–H groups in total. The van der Waals surface area contributed by atoms with Crippen molar-refractivity contribution in [3.05, 3.63) is 28.8 Å². The van der Waals surface area contributed by atoms with Crippen LogP contribution in [0.25, 0.3) is 0 Å². The molecule has 0 aromatic heterocycles. The van der Waals surface area contributed by atoms with Gasteiger partial charge in [-0.15, -0.1) is 0 Å². The minimum absolute atomic E-state index is 0.307. The molecule has 72 valence electrons. The molecule has 0 amide bonds. The number of hydrogen-bond acceptors (Lipinski definition) is 1. The first kappa shape index (κ1) is 10.3. The molecule has 4 heteroatoms. The van der Waals surface area contributed by atoms with E-state index in [1.54, 1.807) is 25.1 Å². The van der Waals surface area contributed by atoms with E-state index in [9.17, 15) is 8.78 Å². The van der Waals surface area contributed by atoms with Crippen molar-refractivity contribution in [2.75, 3.05) is 6.61 Å². The number of benzene rings is 1. The van der Waals surface area contributed by atoms with Gasteiger partial charge in [-0.3, -0.25) is 0 Å². The van der Waals surface area contributed by atoms with E-state index in [1.165, 1.54) is 0 Å². The SMILES string of the molecule is Cc1cccc(OCC(F)F)c1Cl. The van der Waals surface area contributed by atoms with Crippen molar-refractivity contribution in [3.63, 3.8) is 0 Å². The van der Waals surface area contributed by atoms with Crippen molar-refractivity contribution < 1.29 is 13.5 Å². The zero-order valence-electron chi connectivity index (χ0n) is 7.06. The summed E-state index contributed by atoms with van der Waals surface area (Å²) in [6.45, 7) is 1.17. The van der Waals surface area contributed by atoms with Crippen molar-refractivity contribution >= 4 is 11.6 Å². The third kappa shape index (κ3) is 2.84. The van der Waals surface area contributed by atoms with Crippen LogP contribution < -0.4 is 4.74 Å². The van der Waals surface area contributed by atoms with Gasteiger partial charge in [-0.05, 0) is 18.6 Å². The van der Waals surface area contributed by atoms with Gasteiger partial charge in [0.15, 0.2) is 0 Å². The van der Waals surface area contributed by atoms with Crippen LogP contribution in [0.2, 0.25) is 5.02 Å². The Bertz CT molecular complexity index is 289. The molecule has 0 heterocycles. The van der Waals surface area contributed by atoms with Crippen LogP contribution in [0.5, 0.6) is 5.75 Å². The Morgan fingerprint density at radius 3 is 2.77 bits per heavy atom. The van der Waals surface area contributed by atoms with Crippen LogP contribution in [-0.4, -0.2) is 13.0 Å². The summed E-state index contributed by atoms with van der Waals surface area (Å²) in [6, 6.07) is 5.07. The van der Waals surface area contributed by atoms with Crippen LogP contribution in [0.1, 0.15) is 5.56 Å². The van der Waals surface area contributed by atoms with E-state index in [4.69, 9.17) is 16.3 Å². The van der Waals surface area contributed by atoms with Crippen LogP contribution in [0.4, 0.5) is 8.78 Å². The van der Waals surface area contributed by atoms with Crippen molar-refractivity contribution in [1.29, 1.82) is 0 Å². The zero-order chi connectivity index (χ0) is 9.84. The third-order valence-electron chi connectivity index (χ3n) is 1.52. The largest absolute Gasteiger partial charge is 0.486 e. The average molecular weight is 207 g/mol. The summed E-state index contributed by atoms with van der Waals surface area (Å²) in [7, 11) is 0. The van der Waals surface area contributed by atoms with Gasteiger partial charge in [0, 0.05) is 0 Å². The number of halogens is 3. The third-order valence-corrected chi connectivity index (χ3v) is 2.01. The van der Waals surface area contributed by atoms with Gasteiger partial charge >= 0.3 is 0 Å². The van der Waals surface area contributed by atoms with Crippen molar-refractivity contribution in [1.82, 2.24) is 0 Å². The molecule has 0 saturated heterocycles. The molecule has 0 spiro atoms. The maximum atomic E-state index is 11.8. The first-order valence-electron chi connectivity index (χ1n) is 3.77. The maximum absolute atomic E-state index is 11.8. The minimum Gasteiger partial charge on any atom is -0.486 e. The topological polar surface area (TPSA) is 9.23 Å². The van der Waals surface area contributed by atoms with Gasteiger partial charge in [0.1, 0.15) is 12.4 Å². The molecule has 0 aliphatic carbocycles. The second kappa shape index (κ2) is 4.42. The molecule has 0 radical (unpaired) electrons. The number of aryl methyl sites for hydroxylation is 1. The summed E-state index contributed by atoms with van der Waals surface area (Å²) in [6.07, 6.45) is -2.48. The molecule has 0 fully saturated rings. The Morgan fingerprint density at radius 1 is 1.46 bits per heavy atom. The summed E-state index contributed by atoms with van der Waals surface area (Å²) >= 11 is 5.81. The molecule has 1 nitrogen and oxygen atoms in total. The fourth-order valence-corrected chi connectivity index (χ4v) is 1.07. The fraction of sp³-hybridized carbons (Fsp3) is 0.333. The first-order valence-corrected chi connectivity index (χ1v) is 4.15. The fourth-order valence-electron chi connectivity index (χ4n) is 0.885. The molecule has 1 aromatic carbocycles. The molecule has 0 aliphatic heterocycles. The number of hydrogen-bond donors (Lipinski definition) is 0. The van der Waals surface area contributed by atoms with Crippen LogP contribution in [0.3, 0.4) is 0 Å². The van der Waals surface area contributed by atoms with Crippen molar-refractivity contribution in [2.45, 2.75) is 13.3 Å². The van der Waals surface area contributed by atoms with Gasteiger partial charge in [-0.25, -0.2) is 8.78 Å². The molecular formula is C9H9ClF2O. The van der Waals surface area contributed by atoms with E-state index in [2.05, 4.69) is 0 Å². The average Bonchev–Trinajstić information content (AvgIpc) is 2.07. The lowest BCUT2D eigenvalue weighted by Gasteiger charge is -2.08. The summed E-state index contributed by atoms with van der Waals surface area (Å²) in [5.41, 5.74) is 0.813. The molecular weight excluding hydrogens is 198 g/mol. The molecule has 13 heavy (non-hydrogen) atoms. The Kier molecular flexibility index (Phi) is 3.48. The Balaban J connectivity index is 2.71. The highest BCUT2D eigenvalue weighted by molar-refractivity contribution is 6.32. The van der Waals surface area contributed by atoms with Gasteiger partial charge < -0.3 is 4.74 Å². The number of alkyl halides is 2. The second-order valence-corrected chi connectivity index (χ2v) is 2.97. The molecule has 0 bridgehead atoms. The quantitative estimate of drug-likeness (QED) is 0.738. The van der Waals surface area contributed by atoms with Crippen molar-refractivity contribution in [3.8, 4) is 5.75 Å². The summed E-state index contributed by atoms with van der Waals surface area (Å²) in [4.78, 5) is 0. The smallest absolute Gasteiger partial charge is 0.272 e. The molecule has 0 aliphatic rings. The lowest BCUT2D eigenvalue weighted by molar-refractivity contribution is 0.0819. The predicted molar refractivity (Wildman–Crippen MR) is 47.7 cm³/mol. The summed E-state index contributed by atoms with van der Waals surface area (Å²) < 4.78 is 28.4. The van der Waals surface area contributed by atoms with E-state index in [-0.39, 0.29) is 0 Å². The van der Waals surface area contributed by atoms with Crippen LogP contribution in [-0.2, 0) is 0 Å². The highest BCUT2D eigenvalue weighted by Gasteiger charge is 2.07. The normalized spacial score (nSPS) is 10.5. The van der Waals surface area contributed by atoms with E-state index in [1.807, 2.05) is 0 Å². The number of rotatable bonds is 3. The lowest BCUT2D eigenvalue weighted by Crippen LogP contribution is -2.07. The van der Waals surface area contributed by atoms with E-state index >= 15 is 0 Å². The van der Waals surface area contributed by atoms with Crippen LogP contribution in [0.15, 0.2) is 18.2 Å². The van der Waals surface area contributed by atoms with Gasteiger partial charge in [-0.1, -0.05) is 23.7 Å². The predicted octanol–water partition coefficient (Wildman–Crippen LogP) is 3.29. The lowest BCUT2D eigenvalue weighted by atomic mass is 10.2. The van der Waals surface area contributed by atoms with E-state index in [0.29, 0.717) is 10.8 Å². The highest BCUT2D eigenvalue weighted by atomic mass is 35.5. The Labute approximate surface area is 80.3 Å². The van der Waals surface area contributed by atoms with Gasteiger partial charge in [0.05, 0.1) is 5.02 Å². The molecule has 1 aromatic rings. The standard InChI is InChI=1S/C9H9ClF2O/c1-6-3-2-4-7(9(6)10)13-5-8(11)12/h2-4,8H,5H2,1H3. The minimum atomic E-state index is -2.48. The van der Waals surface area contributed by atoms with Crippen LogP contribution >= 0.6 is 11.6 Å². The second-order valence-electron chi connectivity index (χ2n) is 2.59. The molecule has 0 unspecified atom stereocenters. The maximum Gasteiger partial charge on any atom is 0.272 e. The molecule has 0 atom stereocenters. The highest BCUT2D eigenvalue weighted by Crippen LogP contribution is 2.27. The zero-order valence-corrected chi connectivity index (χ0v) is 7.81.